The number of carboxylic acid groups (broad SMARTS) is 1. The van der Waals surface area contributed by atoms with Crippen LogP contribution >= 0.6 is 11.6 Å². The topological polar surface area (TPSA) is 84.9 Å². The Morgan fingerprint density at radius 1 is 1.15 bits per heavy atom. The van der Waals surface area contributed by atoms with Gasteiger partial charge in [0.15, 0.2) is 11.5 Å². The molecule has 26 heavy (non-hydrogen) atoms. The molecule has 6 nitrogen and oxygen atoms in total. The van der Waals surface area contributed by atoms with Crippen molar-refractivity contribution in [1.82, 2.24) is 5.32 Å². The number of hydrogen-bond acceptors (Lipinski definition) is 4. The van der Waals surface area contributed by atoms with Crippen molar-refractivity contribution in [3.05, 3.63) is 58.6 Å². The van der Waals surface area contributed by atoms with Gasteiger partial charge in [-0.25, -0.2) is 0 Å². The van der Waals surface area contributed by atoms with Gasteiger partial charge >= 0.3 is 5.97 Å². The molecule has 0 heterocycles. The maximum Gasteiger partial charge on any atom is 0.303 e. The molecule has 0 aromatic heterocycles. The minimum absolute atomic E-state index is 0.0714. The van der Waals surface area contributed by atoms with E-state index in [0.717, 1.165) is 11.1 Å². The summed E-state index contributed by atoms with van der Waals surface area (Å²) in [6.07, 6.45) is -0.278. The summed E-state index contributed by atoms with van der Waals surface area (Å²) in [4.78, 5) is 22.3. The zero-order chi connectivity index (χ0) is 18.9. The fourth-order valence-corrected chi connectivity index (χ4v) is 2.52. The molecule has 0 bridgehead atoms. The fourth-order valence-electron chi connectivity index (χ4n) is 2.31. The van der Waals surface area contributed by atoms with Gasteiger partial charge in [0.05, 0.1) is 13.5 Å². The molecule has 0 aliphatic carbocycles. The highest BCUT2D eigenvalue weighted by Gasteiger charge is 2.13. The van der Waals surface area contributed by atoms with Crippen molar-refractivity contribution >= 4 is 23.5 Å². The molecular formula is C19H20ClNO5. The molecule has 2 aromatic carbocycles. The average molecular weight is 378 g/mol. The monoisotopic (exact) mass is 377 g/mol. The number of para-hydroxylation sites is 1. The number of methoxy groups -OCH3 is 1. The lowest BCUT2D eigenvalue weighted by Gasteiger charge is -2.16. The Morgan fingerprint density at radius 3 is 2.62 bits per heavy atom. The van der Waals surface area contributed by atoms with Gasteiger partial charge in [0, 0.05) is 23.6 Å². The molecule has 2 N–H and O–H groups in total. The van der Waals surface area contributed by atoms with E-state index in [1.807, 2.05) is 24.3 Å². The van der Waals surface area contributed by atoms with Crippen molar-refractivity contribution in [2.45, 2.75) is 26.0 Å². The van der Waals surface area contributed by atoms with E-state index in [4.69, 9.17) is 26.2 Å². The summed E-state index contributed by atoms with van der Waals surface area (Å²) in [5, 5.41) is 11.9. The number of carbonyl (C=O) groups excluding carboxylic acids is 1. The number of amides is 1. The molecule has 0 fully saturated rings. The standard InChI is InChI=1S/C19H20ClNO5/c1-25-16-7-3-5-14(11-21-17(22)8-9-18(23)24)19(16)26-12-13-4-2-6-15(20)10-13/h2-7,10H,8-9,11-12H2,1H3,(H,21,22)(H,23,24). The van der Waals surface area contributed by atoms with Crippen molar-refractivity contribution in [2.24, 2.45) is 0 Å². The van der Waals surface area contributed by atoms with Crippen LogP contribution in [0.3, 0.4) is 0 Å². The summed E-state index contributed by atoms with van der Waals surface area (Å²) in [7, 11) is 1.54. The van der Waals surface area contributed by atoms with Gasteiger partial charge in [-0.15, -0.1) is 0 Å². The van der Waals surface area contributed by atoms with Crippen LogP contribution in [0.15, 0.2) is 42.5 Å². The molecule has 138 valence electrons. The summed E-state index contributed by atoms with van der Waals surface area (Å²) >= 11 is 5.98. The molecule has 0 unspecified atom stereocenters. The quantitative estimate of drug-likeness (QED) is 0.699. The van der Waals surface area contributed by atoms with E-state index < -0.39 is 5.97 Å². The van der Waals surface area contributed by atoms with Gasteiger partial charge < -0.3 is 19.9 Å². The van der Waals surface area contributed by atoms with Crippen molar-refractivity contribution in [2.75, 3.05) is 7.11 Å². The lowest BCUT2D eigenvalue weighted by Crippen LogP contribution is -2.23. The lowest BCUT2D eigenvalue weighted by atomic mass is 10.1. The van der Waals surface area contributed by atoms with Gasteiger partial charge in [0.1, 0.15) is 6.61 Å². The first-order chi connectivity index (χ1) is 12.5. The first-order valence-corrected chi connectivity index (χ1v) is 8.39. The first kappa shape index (κ1) is 19.6. The Morgan fingerprint density at radius 2 is 1.92 bits per heavy atom. The Bertz CT molecular complexity index is 778. The summed E-state index contributed by atoms with van der Waals surface area (Å²) in [5.74, 6) is -0.277. The van der Waals surface area contributed by atoms with E-state index in [2.05, 4.69) is 5.32 Å². The third-order valence-electron chi connectivity index (χ3n) is 3.59. The van der Waals surface area contributed by atoms with Gasteiger partial charge in [0.25, 0.3) is 0 Å². The molecule has 7 heteroatoms. The normalized spacial score (nSPS) is 10.2. The SMILES string of the molecule is COc1cccc(CNC(=O)CCC(=O)O)c1OCc1cccc(Cl)c1. The molecular weight excluding hydrogens is 358 g/mol. The van der Waals surface area contributed by atoms with E-state index in [-0.39, 0.29) is 25.3 Å². The first-order valence-electron chi connectivity index (χ1n) is 8.01. The Labute approximate surface area is 156 Å². The molecule has 0 radical (unpaired) electrons. The van der Waals surface area contributed by atoms with Gasteiger partial charge in [-0.1, -0.05) is 35.9 Å². The summed E-state index contributed by atoms with van der Waals surface area (Å²) in [6, 6.07) is 12.7. The number of aliphatic carboxylic acids is 1. The predicted molar refractivity (Wildman–Crippen MR) is 97.5 cm³/mol. The van der Waals surface area contributed by atoms with Crippen LogP contribution in [0.4, 0.5) is 0 Å². The summed E-state index contributed by atoms with van der Waals surface area (Å²) < 4.78 is 11.2. The molecule has 0 saturated carbocycles. The second kappa shape index (κ2) is 9.68. The van der Waals surface area contributed by atoms with Crippen LogP contribution in [0.5, 0.6) is 11.5 Å². The van der Waals surface area contributed by atoms with Crippen molar-refractivity contribution in [1.29, 1.82) is 0 Å². The number of rotatable bonds is 9. The Hall–Kier alpha value is -2.73. The number of benzene rings is 2. The number of carbonyl (C=O) groups is 2. The smallest absolute Gasteiger partial charge is 0.303 e. The second-order valence-electron chi connectivity index (χ2n) is 5.54. The highest BCUT2D eigenvalue weighted by Crippen LogP contribution is 2.32. The molecule has 0 saturated heterocycles. The van der Waals surface area contributed by atoms with Crippen LogP contribution in [-0.4, -0.2) is 24.1 Å². The maximum atomic E-state index is 11.7. The van der Waals surface area contributed by atoms with Crippen LogP contribution < -0.4 is 14.8 Å². The number of hydrogen-bond donors (Lipinski definition) is 2. The lowest BCUT2D eigenvalue weighted by molar-refractivity contribution is -0.138. The molecule has 0 aliphatic rings. The Kier molecular flexibility index (Phi) is 7.29. The molecule has 0 aliphatic heterocycles. The highest BCUT2D eigenvalue weighted by atomic mass is 35.5. The molecule has 1 amide bonds. The van der Waals surface area contributed by atoms with Crippen LogP contribution in [0.25, 0.3) is 0 Å². The summed E-state index contributed by atoms with van der Waals surface area (Å²) in [5.41, 5.74) is 1.63. The minimum atomic E-state index is -1.01. The van der Waals surface area contributed by atoms with E-state index in [1.54, 1.807) is 18.2 Å². The zero-order valence-corrected chi connectivity index (χ0v) is 15.1. The zero-order valence-electron chi connectivity index (χ0n) is 14.3. The number of halogens is 1. The predicted octanol–water partition coefficient (Wildman–Crippen LogP) is 3.41. The van der Waals surface area contributed by atoms with Crippen LogP contribution in [0, 0.1) is 0 Å². The molecule has 2 aromatic rings. The molecule has 0 spiro atoms. The van der Waals surface area contributed by atoms with Gasteiger partial charge in [-0.3, -0.25) is 9.59 Å². The van der Waals surface area contributed by atoms with Crippen LogP contribution in [0.1, 0.15) is 24.0 Å². The third kappa shape index (κ3) is 5.97. The van der Waals surface area contributed by atoms with Gasteiger partial charge in [-0.2, -0.15) is 0 Å². The van der Waals surface area contributed by atoms with Crippen molar-refractivity contribution in [3.8, 4) is 11.5 Å². The van der Waals surface area contributed by atoms with Crippen molar-refractivity contribution < 1.29 is 24.2 Å². The minimum Gasteiger partial charge on any atom is -0.493 e. The summed E-state index contributed by atoms with van der Waals surface area (Å²) in [6.45, 7) is 0.501. The number of nitrogens with one attached hydrogen (secondary N) is 1. The van der Waals surface area contributed by atoms with Crippen molar-refractivity contribution in [3.63, 3.8) is 0 Å². The van der Waals surface area contributed by atoms with Crippen LogP contribution in [-0.2, 0) is 22.7 Å². The third-order valence-corrected chi connectivity index (χ3v) is 3.83. The van der Waals surface area contributed by atoms with Gasteiger partial charge in [-0.05, 0) is 23.8 Å². The van der Waals surface area contributed by atoms with Crippen LogP contribution in [0.2, 0.25) is 5.02 Å². The molecule has 0 atom stereocenters. The number of carboxylic acids is 1. The van der Waals surface area contributed by atoms with E-state index in [9.17, 15) is 9.59 Å². The average Bonchev–Trinajstić information content (AvgIpc) is 2.63. The highest BCUT2D eigenvalue weighted by molar-refractivity contribution is 6.30. The second-order valence-corrected chi connectivity index (χ2v) is 5.97. The van der Waals surface area contributed by atoms with Gasteiger partial charge in [0.2, 0.25) is 5.91 Å². The fraction of sp³-hybridized carbons (Fsp3) is 0.263. The largest absolute Gasteiger partial charge is 0.493 e. The Balaban J connectivity index is 2.06. The van der Waals surface area contributed by atoms with E-state index in [1.165, 1.54) is 7.11 Å². The molecule has 2 rings (SSSR count). The van der Waals surface area contributed by atoms with E-state index in [0.29, 0.717) is 23.1 Å². The van der Waals surface area contributed by atoms with E-state index >= 15 is 0 Å². The maximum absolute atomic E-state index is 11.7. The number of ether oxygens (including phenoxy) is 2.